The van der Waals surface area contributed by atoms with Crippen molar-refractivity contribution in [1.29, 1.82) is 5.26 Å². The van der Waals surface area contributed by atoms with E-state index in [0.29, 0.717) is 12.0 Å². The van der Waals surface area contributed by atoms with Crippen LogP contribution in [0.15, 0.2) is 72.8 Å². The smallest absolute Gasteiger partial charge is 0.235 e. The number of rotatable bonds is 3. The molecule has 0 aliphatic carbocycles. The predicted molar refractivity (Wildman–Crippen MR) is 103 cm³/mol. The van der Waals surface area contributed by atoms with Crippen LogP contribution in [0.4, 0.5) is 5.69 Å². The Balaban J connectivity index is 1.80. The summed E-state index contributed by atoms with van der Waals surface area (Å²) in [4.78, 5) is 12.8. The third-order valence-electron chi connectivity index (χ3n) is 5.15. The zero-order valence-electron chi connectivity index (χ0n) is 14.5. The molecule has 1 atom stereocenters. The molecule has 26 heavy (non-hydrogen) atoms. The molecule has 1 N–H and O–H groups in total. The first-order valence-corrected chi connectivity index (χ1v) is 8.61. The molecule has 1 unspecified atom stereocenters. The van der Waals surface area contributed by atoms with Crippen molar-refractivity contribution < 1.29 is 4.79 Å². The molecule has 3 aromatic rings. The summed E-state index contributed by atoms with van der Waals surface area (Å²) in [7, 11) is 0. The van der Waals surface area contributed by atoms with Crippen LogP contribution < -0.4 is 5.32 Å². The van der Waals surface area contributed by atoms with Crippen LogP contribution in [0, 0.1) is 11.3 Å². The lowest BCUT2D eigenvalue weighted by Crippen LogP contribution is -2.33. The van der Waals surface area contributed by atoms with Gasteiger partial charge < -0.3 is 5.32 Å². The van der Waals surface area contributed by atoms with Gasteiger partial charge in [-0.05, 0) is 53.8 Å². The Labute approximate surface area is 152 Å². The van der Waals surface area contributed by atoms with Crippen molar-refractivity contribution in [3.05, 3.63) is 89.5 Å². The first-order chi connectivity index (χ1) is 12.6. The van der Waals surface area contributed by atoms with E-state index in [1.165, 1.54) is 0 Å². The average molecular weight is 338 g/mol. The van der Waals surface area contributed by atoms with Crippen molar-refractivity contribution in [2.24, 2.45) is 0 Å². The average Bonchev–Trinajstić information content (AvgIpc) is 2.93. The van der Waals surface area contributed by atoms with Gasteiger partial charge in [0, 0.05) is 5.69 Å². The zero-order chi connectivity index (χ0) is 18.1. The van der Waals surface area contributed by atoms with Crippen molar-refractivity contribution in [3.63, 3.8) is 0 Å². The number of nitrogens with one attached hydrogen (secondary N) is 1. The molecule has 0 fully saturated rings. The summed E-state index contributed by atoms with van der Waals surface area (Å²) in [5, 5.41) is 12.4. The fraction of sp³-hybridized carbons (Fsp3) is 0.130. The Bertz CT molecular complexity index is 1030. The normalized spacial score (nSPS) is 18.1. The van der Waals surface area contributed by atoms with Crippen molar-refractivity contribution in [2.75, 3.05) is 5.32 Å². The third-order valence-corrected chi connectivity index (χ3v) is 5.15. The van der Waals surface area contributed by atoms with Gasteiger partial charge in [0.15, 0.2) is 0 Å². The van der Waals surface area contributed by atoms with Crippen LogP contribution in [0.3, 0.4) is 0 Å². The molecule has 126 valence electrons. The lowest BCUT2D eigenvalue weighted by molar-refractivity contribution is -0.120. The number of fused-ring (bicyclic) bond motifs is 1. The van der Waals surface area contributed by atoms with Gasteiger partial charge in [0.1, 0.15) is 0 Å². The van der Waals surface area contributed by atoms with E-state index in [1.807, 2.05) is 55.5 Å². The Morgan fingerprint density at radius 1 is 0.962 bits per heavy atom. The molecule has 1 aliphatic rings. The lowest BCUT2D eigenvalue weighted by atomic mass is 9.77. The summed E-state index contributed by atoms with van der Waals surface area (Å²) in [5.74, 6) is -0.0227. The molecule has 0 aromatic heterocycles. The van der Waals surface area contributed by atoms with E-state index in [4.69, 9.17) is 0 Å². The number of carbonyl (C=O) groups excluding carboxylic acids is 1. The molecule has 0 saturated carbocycles. The summed E-state index contributed by atoms with van der Waals surface area (Å²) in [6.07, 6.45) is 0.494. The second-order valence-corrected chi connectivity index (χ2v) is 6.86. The minimum Gasteiger partial charge on any atom is -0.325 e. The second kappa shape index (κ2) is 6.16. The first-order valence-electron chi connectivity index (χ1n) is 8.61. The number of nitriles is 1. The summed E-state index contributed by atoms with van der Waals surface area (Å²) in [5.41, 5.74) is 4.85. The van der Waals surface area contributed by atoms with Gasteiger partial charge >= 0.3 is 0 Å². The summed E-state index contributed by atoms with van der Waals surface area (Å²) in [6.45, 7) is 1.96. The minimum atomic E-state index is -0.701. The first kappa shape index (κ1) is 16.1. The number of hydrogen-bond acceptors (Lipinski definition) is 2. The van der Waals surface area contributed by atoms with Crippen LogP contribution in [0.5, 0.6) is 0 Å². The standard InChI is InChI=1S/C23H18N2O/c1-23(14-18-9-5-6-10-19(18)15-24)20-13-17(16-7-3-2-4-8-16)11-12-21(20)25-22(23)26/h2-13H,14H2,1H3,(H,25,26). The maximum Gasteiger partial charge on any atom is 0.235 e. The summed E-state index contributed by atoms with van der Waals surface area (Å²) < 4.78 is 0. The third kappa shape index (κ3) is 2.57. The highest BCUT2D eigenvalue weighted by molar-refractivity contribution is 6.06. The topological polar surface area (TPSA) is 52.9 Å². The van der Waals surface area contributed by atoms with Gasteiger partial charge in [-0.15, -0.1) is 0 Å². The highest BCUT2D eigenvalue weighted by Gasteiger charge is 2.43. The van der Waals surface area contributed by atoms with E-state index in [2.05, 4.69) is 29.6 Å². The van der Waals surface area contributed by atoms with E-state index in [1.54, 1.807) is 6.07 Å². The van der Waals surface area contributed by atoms with Gasteiger partial charge in [-0.3, -0.25) is 4.79 Å². The molecule has 1 aliphatic heterocycles. The SMILES string of the molecule is CC1(Cc2ccccc2C#N)C(=O)Nc2ccc(-c3ccccc3)cc21. The van der Waals surface area contributed by atoms with Gasteiger partial charge in [0.05, 0.1) is 17.0 Å². The van der Waals surface area contributed by atoms with E-state index >= 15 is 0 Å². The van der Waals surface area contributed by atoms with E-state index in [9.17, 15) is 10.1 Å². The number of amides is 1. The predicted octanol–water partition coefficient (Wildman–Crippen LogP) is 4.68. The Hall–Kier alpha value is -3.38. The van der Waals surface area contributed by atoms with Crippen LogP contribution in [0.25, 0.3) is 11.1 Å². The van der Waals surface area contributed by atoms with E-state index < -0.39 is 5.41 Å². The fourth-order valence-electron chi connectivity index (χ4n) is 3.64. The number of anilines is 1. The number of carbonyl (C=O) groups is 1. The van der Waals surface area contributed by atoms with Gasteiger partial charge in [-0.1, -0.05) is 54.6 Å². The highest BCUT2D eigenvalue weighted by atomic mass is 16.2. The van der Waals surface area contributed by atoms with Gasteiger partial charge in [-0.2, -0.15) is 5.26 Å². The molecule has 3 nitrogen and oxygen atoms in total. The molecular formula is C23H18N2O. The fourth-order valence-corrected chi connectivity index (χ4v) is 3.64. The van der Waals surface area contributed by atoms with Crippen LogP contribution in [0.2, 0.25) is 0 Å². The maximum atomic E-state index is 12.8. The van der Waals surface area contributed by atoms with Crippen molar-refractivity contribution in [1.82, 2.24) is 0 Å². The molecule has 4 rings (SSSR count). The maximum absolute atomic E-state index is 12.8. The van der Waals surface area contributed by atoms with Gasteiger partial charge in [0.25, 0.3) is 0 Å². The molecule has 3 heteroatoms. The second-order valence-electron chi connectivity index (χ2n) is 6.86. The summed E-state index contributed by atoms with van der Waals surface area (Å²) in [6, 6.07) is 25.9. The van der Waals surface area contributed by atoms with E-state index in [0.717, 1.165) is 27.9 Å². The van der Waals surface area contributed by atoms with Crippen LogP contribution in [-0.4, -0.2) is 5.91 Å². The van der Waals surface area contributed by atoms with E-state index in [-0.39, 0.29) is 5.91 Å². The molecule has 0 bridgehead atoms. The van der Waals surface area contributed by atoms with Crippen molar-refractivity contribution in [3.8, 4) is 17.2 Å². The monoisotopic (exact) mass is 338 g/mol. The molecule has 3 aromatic carbocycles. The minimum absolute atomic E-state index is 0.0227. The van der Waals surface area contributed by atoms with Crippen molar-refractivity contribution in [2.45, 2.75) is 18.8 Å². The number of benzene rings is 3. The molecular weight excluding hydrogens is 320 g/mol. The molecule has 0 spiro atoms. The van der Waals surface area contributed by atoms with Crippen LogP contribution in [0.1, 0.15) is 23.6 Å². The van der Waals surface area contributed by atoms with Gasteiger partial charge in [-0.25, -0.2) is 0 Å². The number of nitrogens with zero attached hydrogens (tertiary/aromatic N) is 1. The highest BCUT2D eigenvalue weighted by Crippen LogP contribution is 2.42. The van der Waals surface area contributed by atoms with Crippen LogP contribution >= 0.6 is 0 Å². The lowest BCUT2D eigenvalue weighted by Gasteiger charge is -2.23. The quantitative estimate of drug-likeness (QED) is 0.754. The Morgan fingerprint density at radius 3 is 2.46 bits per heavy atom. The Morgan fingerprint density at radius 2 is 1.69 bits per heavy atom. The Kier molecular flexibility index (Phi) is 3.82. The van der Waals surface area contributed by atoms with Crippen molar-refractivity contribution >= 4 is 11.6 Å². The molecule has 1 amide bonds. The largest absolute Gasteiger partial charge is 0.325 e. The summed E-state index contributed by atoms with van der Waals surface area (Å²) >= 11 is 0. The zero-order valence-corrected chi connectivity index (χ0v) is 14.5. The molecule has 0 saturated heterocycles. The molecule has 0 radical (unpaired) electrons. The number of hydrogen-bond donors (Lipinski definition) is 1. The van der Waals surface area contributed by atoms with Gasteiger partial charge in [0.2, 0.25) is 5.91 Å². The van der Waals surface area contributed by atoms with Crippen LogP contribution in [-0.2, 0) is 16.6 Å². The molecule has 1 heterocycles.